The zero-order chi connectivity index (χ0) is 15.7. The Kier molecular flexibility index (Phi) is 6.72. The van der Waals surface area contributed by atoms with Gasteiger partial charge in [-0.25, -0.2) is 9.78 Å². The van der Waals surface area contributed by atoms with Gasteiger partial charge in [0.2, 0.25) is 5.91 Å². The van der Waals surface area contributed by atoms with Crippen molar-refractivity contribution in [1.29, 1.82) is 0 Å². The second-order valence-corrected chi connectivity index (χ2v) is 4.46. The lowest BCUT2D eigenvalue weighted by atomic mass is 10.3. The van der Waals surface area contributed by atoms with Crippen LogP contribution in [-0.2, 0) is 16.1 Å². The fourth-order valence-corrected chi connectivity index (χ4v) is 1.70. The molecule has 0 aliphatic carbocycles. The topological polar surface area (TPSA) is 131 Å². The number of unbranched alkanes of at least 4 members (excludes halogenated alkanes) is 1. The van der Waals surface area contributed by atoms with Gasteiger partial charge in [0, 0.05) is 25.5 Å². The number of nitrogens with two attached hydrogens (primary N) is 1. The van der Waals surface area contributed by atoms with Crippen LogP contribution in [0.2, 0.25) is 0 Å². The second kappa shape index (κ2) is 8.56. The van der Waals surface area contributed by atoms with Gasteiger partial charge in [-0.05, 0) is 12.8 Å². The Bertz CT molecular complexity index is 458. The molecule has 0 aliphatic rings. The lowest BCUT2D eigenvalue weighted by Crippen LogP contribution is -2.46. The van der Waals surface area contributed by atoms with Crippen LogP contribution in [0.4, 0.5) is 4.79 Å². The Morgan fingerprint density at radius 1 is 1.29 bits per heavy atom. The van der Waals surface area contributed by atoms with Gasteiger partial charge in [0.05, 0.1) is 6.33 Å². The third kappa shape index (κ3) is 6.95. The van der Waals surface area contributed by atoms with Crippen molar-refractivity contribution in [1.82, 2.24) is 19.8 Å². The predicted octanol–water partition coefficient (Wildman–Crippen LogP) is -0.755. The van der Waals surface area contributed by atoms with E-state index in [-0.39, 0.29) is 0 Å². The van der Waals surface area contributed by atoms with E-state index in [2.05, 4.69) is 10.3 Å². The van der Waals surface area contributed by atoms with Crippen molar-refractivity contribution in [2.75, 3.05) is 19.6 Å². The summed E-state index contributed by atoms with van der Waals surface area (Å²) < 4.78 is 1.92. The number of carbonyl (C=O) groups is 3. The van der Waals surface area contributed by atoms with E-state index < -0.39 is 31.0 Å². The minimum absolute atomic E-state index is 0.391. The number of aliphatic carboxylic acids is 1. The predicted molar refractivity (Wildman–Crippen MR) is 73.3 cm³/mol. The SMILES string of the molecule is NC(=O)CN(CC(=O)O)C(=O)NCCCCn1ccnc1. The van der Waals surface area contributed by atoms with Crippen LogP contribution in [0, 0.1) is 0 Å². The first kappa shape index (κ1) is 16.5. The third-order valence-electron chi connectivity index (χ3n) is 2.64. The number of hydrogen-bond acceptors (Lipinski definition) is 4. The smallest absolute Gasteiger partial charge is 0.323 e. The Hall–Kier alpha value is -2.58. The van der Waals surface area contributed by atoms with E-state index in [9.17, 15) is 14.4 Å². The molecule has 3 amide bonds. The standard InChI is InChI=1S/C12H19N5O4/c13-10(18)7-17(8-11(19)20)12(21)15-3-1-2-5-16-6-4-14-9-16/h4,6,9H,1-3,5,7-8H2,(H2,13,18)(H,15,21)(H,19,20). The molecule has 116 valence electrons. The molecule has 1 rings (SSSR count). The van der Waals surface area contributed by atoms with Gasteiger partial charge in [-0.15, -0.1) is 0 Å². The molecule has 0 aromatic carbocycles. The average Bonchev–Trinajstić information content (AvgIpc) is 2.89. The van der Waals surface area contributed by atoms with Gasteiger partial charge in [-0.3, -0.25) is 9.59 Å². The molecule has 9 nitrogen and oxygen atoms in total. The van der Waals surface area contributed by atoms with Crippen molar-refractivity contribution < 1.29 is 19.5 Å². The van der Waals surface area contributed by atoms with E-state index >= 15 is 0 Å². The number of nitrogens with zero attached hydrogens (tertiary/aromatic N) is 3. The molecule has 21 heavy (non-hydrogen) atoms. The maximum absolute atomic E-state index is 11.7. The lowest BCUT2D eigenvalue weighted by molar-refractivity contribution is -0.137. The molecule has 1 aromatic rings. The lowest BCUT2D eigenvalue weighted by Gasteiger charge is -2.19. The number of nitrogens with one attached hydrogen (secondary N) is 1. The number of hydrogen-bond donors (Lipinski definition) is 3. The molecule has 0 atom stereocenters. The minimum atomic E-state index is -1.20. The number of primary amides is 1. The van der Waals surface area contributed by atoms with Gasteiger partial charge < -0.3 is 25.6 Å². The van der Waals surface area contributed by atoms with E-state index in [1.807, 2.05) is 10.8 Å². The van der Waals surface area contributed by atoms with Crippen LogP contribution < -0.4 is 11.1 Å². The third-order valence-corrected chi connectivity index (χ3v) is 2.64. The Morgan fingerprint density at radius 3 is 2.62 bits per heavy atom. The van der Waals surface area contributed by atoms with Crippen LogP contribution in [0.5, 0.6) is 0 Å². The second-order valence-electron chi connectivity index (χ2n) is 4.46. The summed E-state index contributed by atoms with van der Waals surface area (Å²) in [6.45, 7) is 0.190. The van der Waals surface area contributed by atoms with Crippen LogP contribution in [0.1, 0.15) is 12.8 Å². The minimum Gasteiger partial charge on any atom is -0.480 e. The number of imidazole rings is 1. The first-order valence-electron chi connectivity index (χ1n) is 6.47. The summed E-state index contributed by atoms with van der Waals surface area (Å²) in [5.74, 6) is -1.96. The summed E-state index contributed by atoms with van der Waals surface area (Å²) in [4.78, 5) is 37.9. The number of amides is 3. The van der Waals surface area contributed by atoms with E-state index in [0.29, 0.717) is 6.54 Å². The van der Waals surface area contributed by atoms with Crippen LogP contribution in [0.25, 0.3) is 0 Å². The monoisotopic (exact) mass is 297 g/mol. The molecule has 0 unspecified atom stereocenters. The van der Waals surface area contributed by atoms with E-state index in [4.69, 9.17) is 10.8 Å². The molecule has 1 aromatic heterocycles. The van der Waals surface area contributed by atoms with Gasteiger partial charge >= 0.3 is 12.0 Å². The summed E-state index contributed by atoms with van der Waals surface area (Å²) in [6.07, 6.45) is 6.81. The van der Waals surface area contributed by atoms with Crippen molar-refractivity contribution in [2.24, 2.45) is 5.73 Å². The van der Waals surface area contributed by atoms with Crippen molar-refractivity contribution in [3.8, 4) is 0 Å². The Balaban J connectivity index is 2.25. The highest BCUT2D eigenvalue weighted by molar-refractivity contribution is 5.85. The number of aromatic nitrogens is 2. The number of rotatable bonds is 9. The summed E-state index contributed by atoms with van der Waals surface area (Å²) in [6, 6.07) is -0.612. The first-order valence-corrected chi connectivity index (χ1v) is 6.47. The number of carboxylic acid groups (broad SMARTS) is 1. The summed E-state index contributed by atoms with van der Waals surface area (Å²) in [5.41, 5.74) is 4.98. The van der Waals surface area contributed by atoms with E-state index in [0.717, 1.165) is 24.3 Å². The zero-order valence-electron chi connectivity index (χ0n) is 11.6. The van der Waals surface area contributed by atoms with E-state index in [1.54, 1.807) is 12.5 Å². The molecule has 0 bridgehead atoms. The van der Waals surface area contributed by atoms with Crippen LogP contribution in [-0.4, -0.2) is 57.1 Å². The normalized spacial score (nSPS) is 10.1. The zero-order valence-corrected chi connectivity index (χ0v) is 11.6. The molecule has 1 heterocycles. The van der Waals surface area contributed by atoms with Crippen LogP contribution >= 0.6 is 0 Å². The Morgan fingerprint density at radius 2 is 2.05 bits per heavy atom. The van der Waals surface area contributed by atoms with Gasteiger partial charge in [0.15, 0.2) is 0 Å². The fraction of sp³-hybridized carbons (Fsp3) is 0.500. The maximum Gasteiger partial charge on any atom is 0.323 e. The largest absolute Gasteiger partial charge is 0.480 e. The van der Waals surface area contributed by atoms with Gasteiger partial charge in [-0.1, -0.05) is 0 Å². The number of urea groups is 1. The molecule has 0 fully saturated rings. The van der Waals surface area contributed by atoms with E-state index in [1.165, 1.54) is 0 Å². The average molecular weight is 297 g/mol. The molecular weight excluding hydrogens is 278 g/mol. The summed E-state index contributed by atoms with van der Waals surface area (Å²) in [5, 5.41) is 11.2. The molecule has 0 aliphatic heterocycles. The van der Waals surface area contributed by atoms with Crippen molar-refractivity contribution in [3.63, 3.8) is 0 Å². The molecule has 9 heteroatoms. The van der Waals surface area contributed by atoms with Crippen molar-refractivity contribution in [2.45, 2.75) is 19.4 Å². The van der Waals surface area contributed by atoms with Crippen molar-refractivity contribution in [3.05, 3.63) is 18.7 Å². The van der Waals surface area contributed by atoms with Gasteiger partial charge in [0.25, 0.3) is 0 Å². The number of carbonyl (C=O) groups excluding carboxylic acids is 2. The highest BCUT2D eigenvalue weighted by atomic mass is 16.4. The van der Waals surface area contributed by atoms with Crippen LogP contribution in [0.3, 0.4) is 0 Å². The molecule has 4 N–H and O–H groups in total. The molecular formula is C12H19N5O4. The summed E-state index contributed by atoms with van der Waals surface area (Å²) >= 11 is 0. The first-order chi connectivity index (χ1) is 9.99. The fourth-order valence-electron chi connectivity index (χ4n) is 1.70. The van der Waals surface area contributed by atoms with Crippen molar-refractivity contribution >= 4 is 17.9 Å². The maximum atomic E-state index is 11.7. The molecule has 0 saturated heterocycles. The van der Waals surface area contributed by atoms with Gasteiger partial charge in [0.1, 0.15) is 13.1 Å². The Labute approximate surface area is 121 Å². The number of aryl methyl sites for hydroxylation is 1. The molecule has 0 saturated carbocycles. The number of carboxylic acids is 1. The van der Waals surface area contributed by atoms with Crippen LogP contribution in [0.15, 0.2) is 18.7 Å². The molecule has 0 radical (unpaired) electrons. The summed E-state index contributed by atoms with van der Waals surface area (Å²) in [7, 11) is 0. The highest BCUT2D eigenvalue weighted by Gasteiger charge is 2.18. The highest BCUT2D eigenvalue weighted by Crippen LogP contribution is 1.95. The van der Waals surface area contributed by atoms with Gasteiger partial charge in [-0.2, -0.15) is 0 Å². The molecule has 0 spiro atoms. The quantitative estimate of drug-likeness (QED) is 0.516.